The highest BCUT2D eigenvalue weighted by Crippen LogP contribution is 2.14. The molecule has 0 aliphatic carbocycles. The van der Waals surface area contributed by atoms with Crippen LogP contribution in [0, 0.1) is 0 Å². The van der Waals surface area contributed by atoms with Crippen molar-refractivity contribution in [2.75, 3.05) is 20.1 Å². The van der Waals surface area contributed by atoms with Crippen molar-refractivity contribution in [2.24, 2.45) is 0 Å². The fourth-order valence-corrected chi connectivity index (χ4v) is 1.68. The summed E-state index contributed by atoms with van der Waals surface area (Å²) in [5.74, 6) is 0. The molecule has 0 aromatic rings. The van der Waals surface area contributed by atoms with Crippen LogP contribution in [0.25, 0.3) is 0 Å². The Kier molecular flexibility index (Phi) is 4.33. The van der Waals surface area contributed by atoms with Crippen LogP contribution >= 0.6 is 0 Å². The zero-order valence-corrected chi connectivity index (χ0v) is 8.03. The first-order chi connectivity index (χ1) is 5.83. The number of hydrogen-bond acceptors (Lipinski definition) is 2. The molecule has 2 heteroatoms. The van der Waals surface area contributed by atoms with Crippen LogP contribution in [0.2, 0.25) is 0 Å². The van der Waals surface area contributed by atoms with Crippen LogP contribution < -0.4 is 10.6 Å². The fraction of sp³-hybridized carbons (Fsp3) is 0.800. The maximum Gasteiger partial charge on any atom is 0.0105 e. The van der Waals surface area contributed by atoms with Crippen LogP contribution in [0.5, 0.6) is 0 Å². The van der Waals surface area contributed by atoms with Gasteiger partial charge in [0.05, 0.1) is 0 Å². The van der Waals surface area contributed by atoms with E-state index in [-0.39, 0.29) is 0 Å². The summed E-state index contributed by atoms with van der Waals surface area (Å²) in [5, 5.41) is 6.62. The Hall–Kier alpha value is -0.340. The third-order valence-electron chi connectivity index (χ3n) is 2.43. The molecule has 0 aromatic heterocycles. The zero-order valence-electron chi connectivity index (χ0n) is 8.03. The molecule has 0 aromatic carbocycles. The summed E-state index contributed by atoms with van der Waals surface area (Å²) in [6.07, 6.45) is 4.96. The molecule has 0 saturated carbocycles. The molecule has 0 amide bonds. The van der Waals surface area contributed by atoms with E-state index in [9.17, 15) is 0 Å². The van der Waals surface area contributed by atoms with E-state index in [1.54, 1.807) is 0 Å². The van der Waals surface area contributed by atoms with Gasteiger partial charge < -0.3 is 10.6 Å². The molecule has 1 heterocycles. The van der Waals surface area contributed by atoms with Gasteiger partial charge in [-0.15, -0.1) is 0 Å². The SMILES string of the molecule is C=C(CCNC)CC1CCCN1. The molecule has 1 rings (SSSR count). The molecule has 2 nitrogen and oxygen atoms in total. The van der Waals surface area contributed by atoms with Gasteiger partial charge in [-0.1, -0.05) is 12.2 Å². The molecule has 1 aliphatic rings. The molecular formula is C10H20N2. The van der Waals surface area contributed by atoms with Crippen LogP contribution in [0.1, 0.15) is 25.7 Å². The minimum absolute atomic E-state index is 0.717. The first-order valence-electron chi connectivity index (χ1n) is 4.87. The molecule has 0 spiro atoms. The van der Waals surface area contributed by atoms with Crippen molar-refractivity contribution in [3.05, 3.63) is 12.2 Å². The topological polar surface area (TPSA) is 24.1 Å². The Bertz CT molecular complexity index is 137. The number of nitrogens with one attached hydrogen (secondary N) is 2. The van der Waals surface area contributed by atoms with Crippen molar-refractivity contribution < 1.29 is 0 Å². The van der Waals surface area contributed by atoms with Crippen molar-refractivity contribution >= 4 is 0 Å². The molecule has 1 saturated heterocycles. The van der Waals surface area contributed by atoms with E-state index in [2.05, 4.69) is 17.2 Å². The summed E-state index contributed by atoms with van der Waals surface area (Å²) in [4.78, 5) is 0. The van der Waals surface area contributed by atoms with E-state index >= 15 is 0 Å². The normalized spacial score (nSPS) is 22.9. The van der Waals surface area contributed by atoms with Crippen molar-refractivity contribution in [3.63, 3.8) is 0 Å². The molecule has 1 atom stereocenters. The first kappa shape index (κ1) is 9.75. The van der Waals surface area contributed by atoms with Gasteiger partial charge in [0.2, 0.25) is 0 Å². The van der Waals surface area contributed by atoms with E-state index in [1.165, 1.54) is 31.4 Å². The summed E-state index contributed by atoms with van der Waals surface area (Å²) in [6, 6.07) is 0.717. The van der Waals surface area contributed by atoms with Gasteiger partial charge in [0, 0.05) is 6.04 Å². The Labute approximate surface area is 75.4 Å². The number of rotatable bonds is 5. The first-order valence-corrected chi connectivity index (χ1v) is 4.87. The van der Waals surface area contributed by atoms with Gasteiger partial charge in [0.1, 0.15) is 0 Å². The Morgan fingerprint density at radius 2 is 2.50 bits per heavy atom. The van der Waals surface area contributed by atoms with E-state index in [0.29, 0.717) is 6.04 Å². The van der Waals surface area contributed by atoms with Gasteiger partial charge in [0.25, 0.3) is 0 Å². The largest absolute Gasteiger partial charge is 0.319 e. The highest BCUT2D eigenvalue weighted by atomic mass is 14.9. The predicted octanol–water partition coefficient (Wildman–Crippen LogP) is 1.29. The van der Waals surface area contributed by atoms with Crippen LogP contribution in [-0.2, 0) is 0 Å². The van der Waals surface area contributed by atoms with Crippen LogP contribution in [0.15, 0.2) is 12.2 Å². The van der Waals surface area contributed by atoms with Gasteiger partial charge in [-0.2, -0.15) is 0 Å². The van der Waals surface area contributed by atoms with Crippen molar-refractivity contribution in [1.29, 1.82) is 0 Å². The molecule has 12 heavy (non-hydrogen) atoms. The lowest BCUT2D eigenvalue weighted by Crippen LogP contribution is -2.22. The summed E-state index contributed by atoms with van der Waals surface area (Å²) >= 11 is 0. The molecule has 1 aliphatic heterocycles. The van der Waals surface area contributed by atoms with Gasteiger partial charge in [-0.05, 0) is 45.8 Å². The Morgan fingerprint density at radius 1 is 1.67 bits per heavy atom. The quantitative estimate of drug-likeness (QED) is 0.605. The minimum Gasteiger partial charge on any atom is -0.319 e. The molecular weight excluding hydrogens is 148 g/mol. The van der Waals surface area contributed by atoms with Gasteiger partial charge in [-0.25, -0.2) is 0 Å². The third kappa shape index (κ3) is 3.37. The third-order valence-corrected chi connectivity index (χ3v) is 2.43. The highest BCUT2D eigenvalue weighted by molar-refractivity contribution is 4.99. The van der Waals surface area contributed by atoms with Gasteiger partial charge >= 0.3 is 0 Å². The Balaban J connectivity index is 2.08. The summed E-state index contributed by atoms with van der Waals surface area (Å²) < 4.78 is 0. The van der Waals surface area contributed by atoms with E-state index in [1.807, 2.05) is 7.05 Å². The molecule has 2 N–H and O–H groups in total. The standard InChI is InChI=1S/C10H20N2/c1-9(5-7-11-2)8-10-4-3-6-12-10/h10-12H,1,3-8H2,2H3. The van der Waals surface area contributed by atoms with Crippen LogP contribution in [-0.4, -0.2) is 26.2 Å². The zero-order chi connectivity index (χ0) is 8.81. The lowest BCUT2D eigenvalue weighted by molar-refractivity contribution is 0.586. The average Bonchev–Trinajstić information content (AvgIpc) is 2.53. The maximum absolute atomic E-state index is 4.08. The molecule has 0 radical (unpaired) electrons. The average molecular weight is 168 g/mol. The lowest BCUT2D eigenvalue weighted by Gasteiger charge is -2.11. The van der Waals surface area contributed by atoms with Gasteiger partial charge in [-0.3, -0.25) is 0 Å². The predicted molar refractivity (Wildman–Crippen MR) is 53.3 cm³/mol. The van der Waals surface area contributed by atoms with Crippen molar-refractivity contribution in [2.45, 2.75) is 31.7 Å². The highest BCUT2D eigenvalue weighted by Gasteiger charge is 2.14. The lowest BCUT2D eigenvalue weighted by atomic mass is 10.0. The molecule has 70 valence electrons. The van der Waals surface area contributed by atoms with E-state index in [4.69, 9.17) is 0 Å². The minimum atomic E-state index is 0.717. The second-order valence-corrected chi connectivity index (χ2v) is 3.60. The smallest absolute Gasteiger partial charge is 0.0105 e. The summed E-state index contributed by atoms with van der Waals surface area (Å²) in [6.45, 7) is 6.34. The summed E-state index contributed by atoms with van der Waals surface area (Å²) in [7, 11) is 1.99. The van der Waals surface area contributed by atoms with Crippen LogP contribution in [0.4, 0.5) is 0 Å². The van der Waals surface area contributed by atoms with Crippen LogP contribution in [0.3, 0.4) is 0 Å². The monoisotopic (exact) mass is 168 g/mol. The van der Waals surface area contributed by atoms with Crippen molar-refractivity contribution in [3.8, 4) is 0 Å². The maximum atomic E-state index is 4.08. The Morgan fingerprint density at radius 3 is 3.08 bits per heavy atom. The van der Waals surface area contributed by atoms with Crippen molar-refractivity contribution in [1.82, 2.24) is 10.6 Å². The second-order valence-electron chi connectivity index (χ2n) is 3.60. The molecule has 1 unspecified atom stereocenters. The number of hydrogen-bond donors (Lipinski definition) is 2. The molecule has 0 bridgehead atoms. The molecule has 1 fully saturated rings. The fourth-order valence-electron chi connectivity index (χ4n) is 1.68. The van der Waals surface area contributed by atoms with E-state index in [0.717, 1.165) is 13.0 Å². The summed E-state index contributed by atoms with van der Waals surface area (Å²) in [5.41, 5.74) is 1.38. The van der Waals surface area contributed by atoms with E-state index < -0.39 is 0 Å². The second kappa shape index (κ2) is 5.33. The van der Waals surface area contributed by atoms with Gasteiger partial charge in [0.15, 0.2) is 0 Å².